The predicted molar refractivity (Wildman–Crippen MR) is 165 cm³/mol. The summed E-state index contributed by atoms with van der Waals surface area (Å²) in [4.78, 5) is 38.4. The summed E-state index contributed by atoms with van der Waals surface area (Å²) >= 11 is 0. The Bertz CT molecular complexity index is 1260. The molecule has 2 heterocycles. The number of amides is 1. The van der Waals surface area contributed by atoms with Crippen LogP contribution in [0.1, 0.15) is 101 Å². The molecule has 10 heteroatoms. The Hall–Kier alpha value is -3.31. The molecule has 1 amide bonds. The number of aliphatic hydroxyl groups excluding tert-OH is 1. The monoisotopic (exact) mass is 610 g/mol. The van der Waals surface area contributed by atoms with Gasteiger partial charge in [-0.1, -0.05) is 42.8 Å². The number of hydrogen-bond acceptors (Lipinski definition) is 8. The van der Waals surface area contributed by atoms with Gasteiger partial charge in [0.15, 0.2) is 6.29 Å². The lowest BCUT2D eigenvalue weighted by Crippen LogP contribution is -2.45. The van der Waals surface area contributed by atoms with E-state index < -0.39 is 17.9 Å². The number of carbonyl (C=O) groups excluding carboxylic acids is 2. The molecular formula is C34H46N2O8. The second kappa shape index (κ2) is 15.6. The fraction of sp³-hybridized carbons (Fsp3) is 0.559. The van der Waals surface area contributed by atoms with Crippen LogP contribution < -0.4 is 5.32 Å². The molecule has 0 aliphatic carbocycles. The number of nitrogens with zero attached hydrogens (tertiary/aromatic N) is 1. The van der Waals surface area contributed by atoms with E-state index >= 15 is 0 Å². The minimum Gasteiger partial charge on any atom is -0.481 e. The topological polar surface area (TPSA) is 135 Å². The number of carbonyl (C=O) groups is 3. The molecular weight excluding hydrogens is 564 g/mol. The smallest absolute Gasteiger partial charge is 0.323 e. The Kier molecular flexibility index (Phi) is 11.9. The van der Waals surface area contributed by atoms with Crippen molar-refractivity contribution in [3.8, 4) is 0 Å². The number of carboxylic acids is 1. The van der Waals surface area contributed by atoms with Crippen molar-refractivity contribution in [1.82, 2.24) is 4.90 Å². The van der Waals surface area contributed by atoms with E-state index in [1.807, 2.05) is 69.3 Å². The molecule has 0 aromatic heterocycles. The van der Waals surface area contributed by atoms with Gasteiger partial charge in [-0.05, 0) is 76.3 Å². The van der Waals surface area contributed by atoms with Crippen molar-refractivity contribution < 1.29 is 38.8 Å². The maximum Gasteiger partial charge on any atom is 0.323 e. The van der Waals surface area contributed by atoms with Crippen LogP contribution in [-0.2, 0) is 35.2 Å². The summed E-state index contributed by atoms with van der Waals surface area (Å²) < 4.78 is 18.7. The van der Waals surface area contributed by atoms with Gasteiger partial charge in [0.1, 0.15) is 11.6 Å². The molecule has 2 aromatic carbocycles. The number of rotatable bonds is 13. The highest BCUT2D eigenvalue weighted by Gasteiger charge is 2.39. The summed E-state index contributed by atoms with van der Waals surface area (Å²) in [6.07, 6.45) is 3.29. The molecule has 4 unspecified atom stereocenters. The zero-order valence-corrected chi connectivity index (χ0v) is 26.0. The van der Waals surface area contributed by atoms with E-state index in [0.717, 1.165) is 36.1 Å². The number of nitrogens with one attached hydrogen (secondary N) is 1. The van der Waals surface area contributed by atoms with E-state index in [2.05, 4.69) is 10.2 Å². The molecule has 4 atom stereocenters. The van der Waals surface area contributed by atoms with Crippen molar-refractivity contribution in [1.29, 1.82) is 0 Å². The molecule has 2 fully saturated rings. The molecule has 240 valence electrons. The van der Waals surface area contributed by atoms with Crippen LogP contribution in [-0.4, -0.2) is 63.8 Å². The second-order valence-electron chi connectivity index (χ2n) is 12.7. The van der Waals surface area contributed by atoms with Gasteiger partial charge in [0.05, 0.1) is 18.8 Å². The van der Waals surface area contributed by atoms with E-state index in [-0.39, 0.29) is 43.2 Å². The number of ether oxygens (including phenoxy) is 3. The van der Waals surface area contributed by atoms with Gasteiger partial charge < -0.3 is 29.7 Å². The average Bonchev–Trinajstić information content (AvgIpc) is 3.44. The van der Waals surface area contributed by atoms with E-state index in [1.54, 1.807) is 0 Å². The Morgan fingerprint density at radius 1 is 1.00 bits per heavy atom. The Labute approximate surface area is 259 Å². The molecule has 3 N–H and O–H groups in total. The number of aliphatic carboxylic acids is 1. The third-order valence-corrected chi connectivity index (χ3v) is 7.83. The molecule has 10 nitrogen and oxygen atoms in total. The van der Waals surface area contributed by atoms with Gasteiger partial charge in [-0.2, -0.15) is 0 Å². The van der Waals surface area contributed by atoms with Gasteiger partial charge >= 0.3 is 11.9 Å². The predicted octanol–water partition coefficient (Wildman–Crippen LogP) is 5.50. The van der Waals surface area contributed by atoms with Crippen LogP contribution in [0.3, 0.4) is 0 Å². The Morgan fingerprint density at radius 2 is 1.75 bits per heavy atom. The molecule has 2 saturated heterocycles. The standard InChI is InChI=1S/C34H46N2O8/c1-34(2,3)44-32(41)28-11-8-18-36(28)21-27-20-29(24-16-14-23(22-37)15-17-24)43-33(42-27)25-9-7-10-26(19-25)35-30(38)12-5-4-6-13-31(39)40/h7,9-10,14-17,19,27-29,33,37H,4-6,8,11-13,18,20-22H2,1-3H3,(H,35,38)(H,39,40). The Morgan fingerprint density at radius 3 is 2.45 bits per heavy atom. The molecule has 0 spiro atoms. The highest BCUT2D eigenvalue weighted by atomic mass is 16.7. The van der Waals surface area contributed by atoms with Crippen LogP contribution in [0.25, 0.3) is 0 Å². The first-order valence-corrected chi connectivity index (χ1v) is 15.6. The van der Waals surface area contributed by atoms with Crippen molar-refractivity contribution in [2.24, 2.45) is 0 Å². The van der Waals surface area contributed by atoms with Gasteiger partial charge in [0.25, 0.3) is 0 Å². The minimum absolute atomic E-state index is 0.0397. The summed E-state index contributed by atoms with van der Waals surface area (Å²) in [6.45, 7) is 6.92. The largest absolute Gasteiger partial charge is 0.481 e. The second-order valence-corrected chi connectivity index (χ2v) is 12.7. The van der Waals surface area contributed by atoms with Crippen molar-refractivity contribution in [3.05, 3.63) is 65.2 Å². The number of esters is 1. The Balaban J connectivity index is 1.46. The zero-order valence-electron chi connectivity index (χ0n) is 26.0. The number of aliphatic hydroxyl groups is 1. The van der Waals surface area contributed by atoms with Gasteiger partial charge in [-0.15, -0.1) is 0 Å². The van der Waals surface area contributed by atoms with Crippen molar-refractivity contribution in [3.63, 3.8) is 0 Å². The summed E-state index contributed by atoms with van der Waals surface area (Å²) in [7, 11) is 0. The number of hydrogen-bond donors (Lipinski definition) is 3. The number of anilines is 1. The van der Waals surface area contributed by atoms with Gasteiger partial charge in [0, 0.05) is 37.1 Å². The summed E-state index contributed by atoms with van der Waals surface area (Å²) in [5.41, 5.74) is 2.62. The summed E-state index contributed by atoms with van der Waals surface area (Å²) in [5.74, 6) is -1.17. The quantitative estimate of drug-likeness (QED) is 0.198. The van der Waals surface area contributed by atoms with E-state index in [1.165, 1.54) is 0 Å². The van der Waals surface area contributed by atoms with Gasteiger partial charge in [0.2, 0.25) is 5.91 Å². The normalized spacial score (nSPS) is 22.5. The fourth-order valence-corrected chi connectivity index (χ4v) is 5.70. The SMILES string of the molecule is CC(C)(C)OC(=O)C1CCCN1CC1CC(c2ccc(CO)cc2)OC(c2cccc(NC(=O)CCCCCC(=O)O)c2)O1. The zero-order chi connectivity index (χ0) is 31.7. The molecule has 44 heavy (non-hydrogen) atoms. The summed E-state index contributed by atoms with van der Waals surface area (Å²) in [5, 5.41) is 21.2. The number of unbranched alkanes of at least 4 members (excludes halogenated alkanes) is 2. The van der Waals surface area contributed by atoms with E-state index in [0.29, 0.717) is 44.3 Å². The number of carboxylic acid groups (broad SMARTS) is 1. The van der Waals surface area contributed by atoms with Crippen LogP contribution in [0.2, 0.25) is 0 Å². The number of benzene rings is 2. The van der Waals surface area contributed by atoms with Crippen molar-refractivity contribution in [2.75, 3.05) is 18.4 Å². The molecule has 0 saturated carbocycles. The summed E-state index contributed by atoms with van der Waals surface area (Å²) in [6, 6.07) is 14.8. The first kappa shape index (κ1) is 33.6. The van der Waals surface area contributed by atoms with Crippen LogP contribution in [0.5, 0.6) is 0 Å². The van der Waals surface area contributed by atoms with Crippen molar-refractivity contribution in [2.45, 2.75) is 109 Å². The van der Waals surface area contributed by atoms with Gasteiger partial charge in [-0.3, -0.25) is 19.3 Å². The third-order valence-electron chi connectivity index (χ3n) is 7.83. The van der Waals surface area contributed by atoms with Gasteiger partial charge in [-0.25, -0.2) is 0 Å². The van der Waals surface area contributed by atoms with E-state index in [9.17, 15) is 19.5 Å². The third kappa shape index (κ3) is 10.1. The molecule has 0 bridgehead atoms. The fourth-order valence-electron chi connectivity index (χ4n) is 5.70. The molecule has 4 rings (SSSR count). The minimum atomic E-state index is -0.826. The average molecular weight is 611 g/mol. The molecule has 0 radical (unpaired) electrons. The highest BCUT2D eigenvalue weighted by Crippen LogP contribution is 2.39. The first-order chi connectivity index (χ1) is 21.0. The first-order valence-electron chi connectivity index (χ1n) is 15.6. The van der Waals surface area contributed by atoms with Crippen LogP contribution in [0.15, 0.2) is 48.5 Å². The van der Waals surface area contributed by atoms with Crippen LogP contribution in [0.4, 0.5) is 5.69 Å². The van der Waals surface area contributed by atoms with Crippen LogP contribution >= 0.6 is 0 Å². The molecule has 2 aromatic rings. The lowest BCUT2D eigenvalue weighted by Gasteiger charge is -2.38. The van der Waals surface area contributed by atoms with E-state index in [4.69, 9.17) is 19.3 Å². The van der Waals surface area contributed by atoms with Crippen molar-refractivity contribution >= 4 is 23.5 Å². The maximum absolute atomic E-state index is 13.0. The number of likely N-dealkylation sites (tertiary alicyclic amines) is 1. The molecule has 2 aliphatic heterocycles. The lowest BCUT2D eigenvalue weighted by atomic mass is 9.99. The lowest BCUT2D eigenvalue weighted by molar-refractivity contribution is -0.253. The highest BCUT2D eigenvalue weighted by molar-refractivity contribution is 5.90. The maximum atomic E-state index is 13.0. The molecule has 2 aliphatic rings. The van der Waals surface area contributed by atoms with Crippen LogP contribution in [0, 0.1) is 0 Å².